The van der Waals surface area contributed by atoms with Crippen LogP contribution in [0, 0.1) is 13.8 Å². The third-order valence-corrected chi connectivity index (χ3v) is 3.75. The van der Waals surface area contributed by atoms with Crippen molar-refractivity contribution in [1.82, 2.24) is 0 Å². The number of carbonyl (C=O) groups excluding carboxylic acids is 1. The molecule has 0 unspecified atom stereocenters. The van der Waals surface area contributed by atoms with Crippen LogP contribution in [0.15, 0.2) is 42.5 Å². The van der Waals surface area contributed by atoms with E-state index in [1.54, 1.807) is 12.1 Å². The van der Waals surface area contributed by atoms with Gasteiger partial charge in [-0.15, -0.1) is 0 Å². The molecule has 0 saturated carbocycles. The molecular weight excluding hydrogens is 274 g/mol. The van der Waals surface area contributed by atoms with Gasteiger partial charge in [0.05, 0.1) is 6.10 Å². The van der Waals surface area contributed by atoms with Gasteiger partial charge in [-0.2, -0.15) is 0 Å². The summed E-state index contributed by atoms with van der Waals surface area (Å²) in [5, 5.41) is 2.99. The fourth-order valence-electron chi connectivity index (χ4n) is 2.20. The van der Waals surface area contributed by atoms with Crippen LogP contribution >= 0.6 is 0 Å². The van der Waals surface area contributed by atoms with E-state index in [-0.39, 0.29) is 12.0 Å². The van der Waals surface area contributed by atoms with Crippen molar-refractivity contribution in [3.63, 3.8) is 0 Å². The molecule has 0 aliphatic heterocycles. The standard InChI is InChI=1S/C19H23NO2/c1-5-15(4)22-17-11-9-16(10-12-17)19(21)20-18-13(2)7-6-8-14(18)3/h6-12,15H,5H2,1-4H3,(H,20,21)/t15-/m1/s1. The summed E-state index contributed by atoms with van der Waals surface area (Å²) in [6.45, 7) is 8.09. The minimum atomic E-state index is -0.104. The van der Waals surface area contributed by atoms with Gasteiger partial charge in [0.25, 0.3) is 5.91 Å². The van der Waals surface area contributed by atoms with Gasteiger partial charge >= 0.3 is 0 Å². The molecule has 0 radical (unpaired) electrons. The Morgan fingerprint density at radius 1 is 1.09 bits per heavy atom. The number of ether oxygens (including phenoxy) is 1. The fraction of sp³-hybridized carbons (Fsp3) is 0.316. The number of amides is 1. The summed E-state index contributed by atoms with van der Waals surface area (Å²) in [5.41, 5.74) is 3.63. The number of benzene rings is 2. The zero-order valence-corrected chi connectivity index (χ0v) is 13.6. The minimum absolute atomic E-state index is 0.104. The number of carbonyl (C=O) groups is 1. The predicted molar refractivity (Wildman–Crippen MR) is 90.7 cm³/mol. The second kappa shape index (κ2) is 7.12. The van der Waals surface area contributed by atoms with Crippen molar-refractivity contribution >= 4 is 11.6 Å². The van der Waals surface area contributed by atoms with Crippen LogP contribution in [0.3, 0.4) is 0 Å². The van der Waals surface area contributed by atoms with Gasteiger partial charge in [0.1, 0.15) is 5.75 Å². The minimum Gasteiger partial charge on any atom is -0.491 e. The molecule has 2 aromatic carbocycles. The van der Waals surface area contributed by atoms with Crippen LogP contribution in [0.2, 0.25) is 0 Å². The van der Waals surface area contributed by atoms with Gasteiger partial charge < -0.3 is 10.1 Å². The van der Waals surface area contributed by atoms with Crippen LogP contribution in [0.25, 0.3) is 0 Å². The van der Waals surface area contributed by atoms with E-state index in [2.05, 4.69) is 12.2 Å². The number of hydrogen-bond acceptors (Lipinski definition) is 2. The van der Waals surface area contributed by atoms with Crippen LogP contribution in [-0.4, -0.2) is 12.0 Å². The van der Waals surface area contributed by atoms with Gasteiger partial charge in [0.15, 0.2) is 0 Å². The summed E-state index contributed by atoms with van der Waals surface area (Å²) in [6.07, 6.45) is 1.13. The SMILES string of the molecule is CC[C@@H](C)Oc1ccc(C(=O)Nc2c(C)cccc2C)cc1. The van der Waals surface area contributed by atoms with E-state index in [1.807, 2.05) is 51.1 Å². The Bertz CT molecular complexity index is 627. The maximum absolute atomic E-state index is 12.4. The first-order valence-corrected chi connectivity index (χ1v) is 7.65. The number of nitrogens with one attached hydrogen (secondary N) is 1. The van der Waals surface area contributed by atoms with Gasteiger partial charge in [-0.3, -0.25) is 4.79 Å². The number of anilines is 1. The van der Waals surface area contributed by atoms with Crippen molar-refractivity contribution in [2.45, 2.75) is 40.2 Å². The Kier molecular flexibility index (Phi) is 5.21. The summed E-state index contributed by atoms with van der Waals surface area (Å²) in [5.74, 6) is 0.686. The lowest BCUT2D eigenvalue weighted by molar-refractivity contribution is 0.102. The molecule has 116 valence electrons. The topological polar surface area (TPSA) is 38.3 Å². The van der Waals surface area contributed by atoms with Gasteiger partial charge in [0.2, 0.25) is 0 Å². The molecule has 0 bridgehead atoms. The largest absolute Gasteiger partial charge is 0.491 e. The number of hydrogen-bond donors (Lipinski definition) is 1. The van der Waals surface area contributed by atoms with Crippen LogP contribution in [0.1, 0.15) is 41.8 Å². The molecule has 0 aromatic heterocycles. The lowest BCUT2D eigenvalue weighted by Gasteiger charge is -2.14. The summed E-state index contributed by atoms with van der Waals surface area (Å²) in [4.78, 5) is 12.4. The summed E-state index contributed by atoms with van der Waals surface area (Å²) >= 11 is 0. The van der Waals surface area contributed by atoms with Gasteiger partial charge in [-0.25, -0.2) is 0 Å². The first-order chi connectivity index (χ1) is 10.5. The number of para-hydroxylation sites is 1. The van der Waals surface area contributed by atoms with Crippen molar-refractivity contribution in [3.8, 4) is 5.75 Å². The molecule has 1 atom stereocenters. The van der Waals surface area contributed by atoms with Gasteiger partial charge in [0, 0.05) is 11.3 Å². The van der Waals surface area contributed by atoms with E-state index in [9.17, 15) is 4.79 Å². The van der Waals surface area contributed by atoms with E-state index in [0.29, 0.717) is 5.56 Å². The lowest BCUT2D eigenvalue weighted by atomic mass is 10.1. The third-order valence-electron chi connectivity index (χ3n) is 3.75. The second-order valence-electron chi connectivity index (χ2n) is 5.58. The molecule has 0 heterocycles. The molecule has 2 rings (SSSR count). The molecule has 0 saturated heterocycles. The molecular formula is C19H23NO2. The highest BCUT2D eigenvalue weighted by molar-refractivity contribution is 6.05. The van der Waals surface area contributed by atoms with Crippen molar-refractivity contribution in [2.24, 2.45) is 0 Å². The van der Waals surface area contributed by atoms with Crippen molar-refractivity contribution in [2.75, 3.05) is 5.32 Å². The maximum atomic E-state index is 12.4. The van der Waals surface area contributed by atoms with Crippen LogP contribution in [0.5, 0.6) is 5.75 Å². The van der Waals surface area contributed by atoms with Crippen LogP contribution in [-0.2, 0) is 0 Å². The van der Waals surface area contributed by atoms with Crippen molar-refractivity contribution in [3.05, 3.63) is 59.2 Å². The van der Waals surface area contributed by atoms with Crippen molar-refractivity contribution < 1.29 is 9.53 Å². The van der Waals surface area contributed by atoms with Gasteiger partial charge in [-0.05, 0) is 62.6 Å². The zero-order chi connectivity index (χ0) is 16.1. The highest BCUT2D eigenvalue weighted by atomic mass is 16.5. The highest BCUT2D eigenvalue weighted by Crippen LogP contribution is 2.21. The van der Waals surface area contributed by atoms with E-state index in [1.165, 1.54) is 0 Å². The Hall–Kier alpha value is -2.29. The van der Waals surface area contributed by atoms with E-state index in [0.717, 1.165) is 29.0 Å². The predicted octanol–water partition coefficient (Wildman–Crippen LogP) is 4.73. The Balaban J connectivity index is 2.10. The smallest absolute Gasteiger partial charge is 0.255 e. The average Bonchev–Trinajstić information content (AvgIpc) is 2.51. The molecule has 0 aliphatic rings. The molecule has 3 heteroatoms. The van der Waals surface area contributed by atoms with Crippen LogP contribution < -0.4 is 10.1 Å². The Labute approximate surface area is 132 Å². The molecule has 0 aliphatic carbocycles. The van der Waals surface area contributed by atoms with Gasteiger partial charge in [-0.1, -0.05) is 25.1 Å². The number of aryl methyl sites for hydroxylation is 2. The quantitative estimate of drug-likeness (QED) is 0.866. The maximum Gasteiger partial charge on any atom is 0.255 e. The fourth-order valence-corrected chi connectivity index (χ4v) is 2.20. The van der Waals surface area contributed by atoms with Crippen molar-refractivity contribution in [1.29, 1.82) is 0 Å². The second-order valence-corrected chi connectivity index (χ2v) is 5.58. The summed E-state index contributed by atoms with van der Waals surface area (Å²) in [6, 6.07) is 13.2. The third kappa shape index (κ3) is 3.88. The number of rotatable bonds is 5. The zero-order valence-electron chi connectivity index (χ0n) is 13.6. The Morgan fingerprint density at radius 2 is 1.68 bits per heavy atom. The normalized spacial score (nSPS) is 11.8. The lowest BCUT2D eigenvalue weighted by Crippen LogP contribution is -2.14. The summed E-state index contributed by atoms with van der Waals surface area (Å²) < 4.78 is 5.72. The monoisotopic (exact) mass is 297 g/mol. The highest BCUT2D eigenvalue weighted by Gasteiger charge is 2.10. The Morgan fingerprint density at radius 3 is 2.23 bits per heavy atom. The molecule has 1 N–H and O–H groups in total. The first-order valence-electron chi connectivity index (χ1n) is 7.65. The summed E-state index contributed by atoms with van der Waals surface area (Å²) in [7, 11) is 0. The molecule has 2 aromatic rings. The molecule has 0 spiro atoms. The van der Waals surface area contributed by atoms with E-state index in [4.69, 9.17) is 4.74 Å². The van der Waals surface area contributed by atoms with E-state index >= 15 is 0 Å². The van der Waals surface area contributed by atoms with E-state index < -0.39 is 0 Å². The molecule has 3 nitrogen and oxygen atoms in total. The molecule has 22 heavy (non-hydrogen) atoms. The average molecular weight is 297 g/mol. The first kappa shape index (κ1) is 16.1. The molecule has 0 fully saturated rings. The molecule has 1 amide bonds. The van der Waals surface area contributed by atoms with Crippen LogP contribution in [0.4, 0.5) is 5.69 Å².